The van der Waals surface area contributed by atoms with Crippen LogP contribution in [0.2, 0.25) is 0 Å². The van der Waals surface area contributed by atoms with Crippen molar-refractivity contribution in [1.29, 1.82) is 0 Å². The van der Waals surface area contributed by atoms with E-state index in [-0.39, 0.29) is 6.04 Å². The van der Waals surface area contributed by atoms with E-state index in [1.54, 1.807) is 27.4 Å². The Kier molecular flexibility index (Phi) is 5.31. The highest BCUT2D eigenvalue weighted by Crippen LogP contribution is 2.26. The summed E-state index contributed by atoms with van der Waals surface area (Å²) in [5.74, 6) is 1.13. The van der Waals surface area contributed by atoms with Crippen molar-refractivity contribution < 1.29 is 8.42 Å². The molecule has 0 aromatic heterocycles. The molecular formula is C14H26N4O2S2. The molecule has 2 heterocycles. The van der Waals surface area contributed by atoms with Crippen LogP contribution >= 0.6 is 11.8 Å². The molecule has 6 nitrogen and oxygen atoms in total. The van der Waals surface area contributed by atoms with E-state index in [2.05, 4.69) is 9.89 Å². The lowest BCUT2D eigenvalue weighted by Gasteiger charge is -2.38. The second-order valence-corrected chi connectivity index (χ2v) is 9.26. The molecule has 0 amide bonds. The summed E-state index contributed by atoms with van der Waals surface area (Å²) in [5, 5.41) is 1.10. The highest BCUT2D eigenvalue weighted by atomic mass is 32.2. The van der Waals surface area contributed by atoms with E-state index >= 15 is 0 Å². The van der Waals surface area contributed by atoms with Gasteiger partial charge in [-0.15, -0.1) is 0 Å². The van der Waals surface area contributed by atoms with Crippen molar-refractivity contribution >= 4 is 27.1 Å². The molecule has 2 aliphatic heterocycles. The minimum absolute atomic E-state index is 0.196. The second-order valence-electron chi connectivity index (χ2n) is 6.21. The summed E-state index contributed by atoms with van der Waals surface area (Å²) in [7, 11) is -1.56. The van der Waals surface area contributed by atoms with Crippen molar-refractivity contribution in [2.75, 3.05) is 45.5 Å². The molecule has 0 N–H and O–H groups in total. The number of amidine groups is 1. The van der Waals surface area contributed by atoms with E-state index in [1.165, 1.54) is 0 Å². The maximum absolute atomic E-state index is 12.8. The van der Waals surface area contributed by atoms with E-state index in [9.17, 15) is 8.42 Å². The van der Waals surface area contributed by atoms with Crippen LogP contribution in [0.1, 0.15) is 32.1 Å². The maximum atomic E-state index is 12.8. The number of nitrogens with zero attached hydrogens (tertiary/aromatic N) is 4. The molecule has 3 rings (SSSR count). The van der Waals surface area contributed by atoms with Crippen molar-refractivity contribution in [3.05, 3.63) is 0 Å². The second kappa shape index (κ2) is 7.07. The molecule has 1 aliphatic carbocycles. The Morgan fingerprint density at radius 2 is 1.82 bits per heavy atom. The number of thioether (sulfide) groups is 1. The van der Waals surface area contributed by atoms with Gasteiger partial charge in [-0.05, 0) is 19.3 Å². The van der Waals surface area contributed by atoms with Gasteiger partial charge in [0.1, 0.15) is 0 Å². The minimum Gasteiger partial charge on any atom is -0.349 e. The van der Waals surface area contributed by atoms with Gasteiger partial charge in [-0.1, -0.05) is 24.6 Å². The quantitative estimate of drug-likeness (QED) is 0.771. The van der Waals surface area contributed by atoms with Crippen molar-refractivity contribution in [3.8, 4) is 0 Å². The lowest BCUT2D eigenvalue weighted by Crippen LogP contribution is -2.54. The summed E-state index contributed by atoms with van der Waals surface area (Å²) in [6, 6.07) is 0.196. The molecule has 126 valence electrons. The monoisotopic (exact) mass is 346 g/mol. The lowest BCUT2D eigenvalue weighted by atomic mass is 10.3. The zero-order valence-electron chi connectivity index (χ0n) is 13.3. The van der Waals surface area contributed by atoms with Gasteiger partial charge in [-0.2, -0.15) is 17.0 Å². The van der Waals surface area contributed by atoms with Gasteiger partial charge in [0.05, 0.1) is 0 Å². The standard InChI is InChI=1S/C14H26N4O2S2/c1-16(13-5-2-3-6-13)22(19,20)18-10-8-17(9-11-18)14-15-7-4-12-21-14/h13H,2-12H2,1H3. The van der Waals surface area contributed by atoms with Crippen LogP contribution in [0.5, 0.6) is 0 Å². The fraction of sp³-hybridized carbons (Fsp3) is 0.929. The van der Waals surface area contributed by atoms with E-state index < -0.39 is 10.2 Å². The predicted octanol–water partition coefficient (Wildman–Crippen LogP) is 1.22. The normalized spacial score (nSPS) is 25.7. The summed E-state index contributed by atoms with van der Waals surface area (Å²) in [6.45, 7) is 3.55. The Hall–Kier alpha value is -0.310. The Labute approximate surface area is 138 Å². The van der Waals surface area contributed by atoms with Crippen molar-refractivity contribution in [3.63, 3.8) is 0 Å². The van der Waals surface area contributed by atoms with Crippen LogP contribution in [-0.4, -0.2) is 78.7 Å². The number of hydrogen-bond acceptors (Lipinski definition) is 5. The number of hydrogen-bond donors (Lipinski definition) is 0. The van der Waals surface area contributed by atoms with E-state index in [4.69, 9.17) is 0 Å². The molecule has 0 aromatic carbocycles. The predicted molar refractivity (Wildman–Crippen MR) is 91.5 cm³/mol. The van der Waals surface area contributed by atoms with Crippen LogP contribution in [0.4, 0.5) is 0 Å². The third-order valence-corrected chi connectivity index (χ3v) is 8.00. The minimum atomic E-state index is -3.31. The SMILES string of the molecule is CN(C1CCCC1)S(=O)(=O)N1CCN(C2=NCCCS2)CC1. The van der Waals surface area contributed by atoms with Crippen molar-refractivity contribution in [2.45, 2.75) is 38.1 Å². The molecule has 0 aromatic rings. The Morgan fingerprint density at radius 1 is 1.14 bits per heavy atom. The molecule has 0 atom stereocenters. The Balaban J connectivity index is 1.59. The van der Waals surface area contributed by atoms with Crippen LogP contribution in [0.15, 0.2) is 4.99 Å². The fourth-order valence-electron chi connectivity index (χ4n) is 3.39. The molecule has 0 radical (unpaired) electrons. The van der Waals surface area contributed by atoms with E-state index in [0.29, 0.717) is 13.1 Å². The lowest BCUT2D eigenvalue weighted by molar-refractivity contribution is 0.245. The molecule has 1 saturated heterocycles. The zero-order chi connectivity index (χ0) is 15.6. The Morgan fingerprint density at radius 3 is 2.41 bits per heavy atom. The molecular weight excluding hydrogens is 320 g/mol. The van der Waals surface area contributed by atoms with Gasteiger partial charge in [0.2, 0.25) is 0 Å². The first-order chi connectivity index (χ1) is 10.6. The van der Waals surface area contributed by atoms with Gasteiger partial charge in [0, 0.05) is 51.6 Å². The van der Waals surface area contributed by atoms with Crippen LogP contribution in [0, 0.1) is 0 Å². The van der Waals surface area contributed by atoms with Gasteiger partial charge < -0.3 is 4.90 Å². The molecule has 1 saturated carbocycles. The first-order valence-electron chi connectivity index (χ1n) is 8.24. The zero-order valence-corrected chi connectivity index (χ0v) is 14.9. The first kappa shape index (κ1) is 16.5. The van der Waals surface area contributed by atoms with E-state index in [1.807, 2.05) is 0 Å². The van der Waals surface area contributed by atoms with Gasteiger partial charge >= 0.3 is 0 Å². The molecule has 22 heavy (non-hydrogen) atoms. The van der Waals surface area contributed by atoms with Crippen molar-refractivity contribution in [2.24, 2.45) is 4.99 Å². The summed E-state index contributed by atoms with van der Waals surface area (Å²) in [6.07, 6.45) is 5.45. The molecule has 3 aliphatic rings. The summed E-state index contributed by atoms with van der Waals surface area (Å²) in [5.41, 5.74) is 0. The molecule has 0 spiro atoms. The average molecular weight is 347 g/mol. The fourth-order valence-corrected chi connectivity index (χ4v) is 5.97. The summed E-state index contributed by atoms with van der Waals surface area (Å²) in [4.78, 5) is 6.81. The topological polar surface area (TPSA) is 56.2 Å². The van der Waals surface area contributed by atoms with E-state index in [0.717, 1.165) is 62.7 Å². The summed E-state index contributed by atoms with van der Waals surface area (Å²) < 4.78 is 28.8. The number of rotatable bonds is 3. The highest BCUT2D eigenvalue weighted by molar-refractivity contribution is 8.13. The number of piperazine rings is 1. The van der Waals surface area contributed by atoms with Gasteiger partial charge in [0.25, 0.3) is 10.2 Å². The third-order valence-electron chi connectivity index (χ3n) is 4.82. The molecule has 8 heteroatoms. The maximum Gasteiger partial charge on any atom is 0.282 e. The molecule has 2 fully saturated rings. The van der Waals surface area contributed by atoms with Crippen LogP contribution < -0.4 is 0 Å². The molecule has 0 unspecified atom stereocenters. The van der Waals surface area contributed by atoms with Gasteiger partial charge in [0.15, 0.2) is 5.17 Å². The van der Waals surface area contributed by atoms with Crippen LogP contribution in [-0.2, 0) is 10.2 Å². The largest absolute Gasteiger partial charge is 0.349 e. The first-order valence-corrected chi connectivity index (χ1v) is 10.6. The average Bonchev–Trinajstić information content (AvgIpc) is 3.09. The third kappa shape index (κ3) is 3.44. The van der Waals surface area contributed by atoms with Gasteiger partial charge in [-0.3, -0.25) is 4.99 Å². The van der Waals surface area contributed by atoms with Gasteiger partial charge in [-0.25, -0.2) is 0 Å². The Bertz CT molecular complexity index is 509. The number of aliphatic imine (C=N–C) groups is 1. The van der Waals surface area contributed by atoms with Crippen molar-refractivity contribution in [1.82, 2.24) is 13.5 Å². The van der Waals surface area contributed by atoms with Crippen LogP contribution in [0.3, 0.4) is 0 Å². The summed E-state index contributed by atoms with van der Waals surface area (Å²) >= 11 is 1.80. The smallest absolute Gasteiger partial charge is 0.282 e. The highest BCUT2D eigenvalue weighted by Gasteiger charge is 2.35. The molecule has 0 bridgehead atoms. The van der Waals surface area contributed by atoms with Crippen LogP contribution in [0.25, 0.3) is 0 Å².